The third-order valence-corrected chi connectivity index (χ3v) is 2.75. The summed E-state index contributed by atoms with van der Waals surface area (Å²) in [4.78, 5) is 26.1. The van der Waals surface area contributed by atoms with Crippen molar-refractivity contribution in [2.75, 3.05) is 4.90 Å². The van der Waals surface area contributed by atoms with Crippen molar-refractivity contribution >= 4 is 17.5 Å². The highest BCUT2D eigenvalue weighted by molar-refractivity contribution is 5.88. The van der Waals surface area contributed by atoms with Crippen LogP contribution in [0.1, 0.15) is 5.56 Å². The molecule has 2 rings (SSSR count). The number of aromatic nitrogens is 1. The second kappa shape index (κ2) is 5.95. The van der Waals surface area contributed by atoms with E-state index in [4.69, 9.17) is 0 Å². The number of nitrogens with zero attached hydrogens (tertiary/aromatic N) is 3. The zero-order chi connectivity index (χ0) is 15.4. The summed E-state index contributed by atoms with van der Waals surface area (Å²) in [5.41, 5.74) is -0.00853. The summed E-state index contributed by atoms with van der Waals surface area (Å²) in [5.74, 6) is -0.451. The molecule has 0 saturated carbocycles. The number of hydrogen-bond donors (Lipinski definition) is 1. The standard InChI is InChI=1S/C13H10FN3O4/c14-10-3-1-9(2-4-10)8-16(13(18)19)12-7-15-6-5-11(12)17(20)21/h1-7H,8H2,(H,18,19). The average molecular weight is 291 g/mol. The smallest absolute Gasteiger partial charge is 0.412 e. The normalized spacial score (nSPS) is 10.1. The Bertz CT molecular complexity index is 675. The third-order valence-electron chi connectivity index (χ3n) is 2.75. The molecule has 8 heteroatoms. The number of nitro groups is 1. The first kappa shape index (κ1) is 14.4. The Balaban J connectivity index is 2.38. The molecule has 108 valence electrons. The maximum absolute atomic E-state index is 12.8. The van der Waals surface area contributed by atoms with E-state index in [2.05, 4.69) is 4.98 Å². The molecule has 7 nitrogen and oxygen atoms in total. The Hall–Kier alpha value is -3.03. The number of halogens is 1. The highest BCUT2D eigenvalue weighted by Crippen LogP contribution is 2.28. The lowest BCUT2D eigenvalue weighted by atomic mass is 10.2. The molecule has 0 radical (unpaired) electrons. The predicted octanol–water partition coefficient (Wildman–Crippen LogP) is 2.81. The van der Waals surface area contributed by atoms with Gasteiger partial charge in [-0.25, -0.2) is 9.18 Å². The summed E-state index contributed by atoms with van der Waals surface area (Å²) in [6.45, 7) is -0.151. The van der Waals surface area contributed by atoms with Gasteiger partial charge in [0.2, 0.25) is 0 Å². The molecule has 0 bridgehead atoms. The van der Waals surface area contributed by atoms with Gasteiger partial charge in [-0.2, -0.15) is 0 Å². The topological polar surface area (TPSA) is 96.6 Å². The summed E-state index contributed by atoms with van der Waals surface area (Å²) in [6, 6.07) is 6.32. The van der Waals surface area contributed by atoms with Crippen LogP contribution in [0.5, 0.6) is 0 Å². The minimum absolute atomic E-state index is 0.140. The largest absolute Gasteiger partial charge is 0.465 e. The first-order valence-corrected chi connectivity index (χ1v) is 5.82. The van der Waals surface area contributed by atoms with Crippen LogP contribution in [-0.4, -0.2) is 21.1 Å². The van der Waals surface area contributed by atoms with E-state index in [1.807, 2.05) is 0 Å². The van der Waals surface area contributed by atoms with Gasteiger partial charge < -0.3 is 5.11 Å². The van der Waals surface area contributed by atoms with Crippen LogP contribution in [-0.2, 0) is 6.54 Å². The lowest BCUT2D eigenvalue weighted by molar-refractivity contribution is -0.384. The van der Waals surface area contributed by atoms with Gasteiger partial charge >= 0.3 is 6.09 Å². The van der Waals surface area contributed by atoms with Gasteiger partial charge in [0.15, 0.2) is 0 Å². The molecule has 0 saturated heterocycles. The fourth-order valence-corrected chi connectivity index (χ4v) is 1.77. The highest BCUT2D eigenvalue weighted by atomic mass is 19.1. The Labute approximate surface area is 118 Å². The van der Waals surface area contributed by atoms with Gasteiger partial charge in [0, 0.05) is 12.3 Å². The Morgan fingerprint density at radius 2 is 2.00 bits per heavy atom. The van der Waals surface area contributed by atoms with Crippen LogP contribution >= 0.6 is 0 Å². The molecule has 0 fully saturated rings. The van der Waals surface area contributed by atoms with Crippen molar-refractivity contribution in [3.05, 3.63) is 64.2 Å². The SMILES string of the molecule is O=C(O)N(Cc1ccc(F)cc1)c1cnccc1[N+](=O)[O-]. The molecule has 0 atom stereocenters. The number of pyridine rings is 1. The van der Waals surface area contributed by atoms with E-state index in [9.17, 15) is 24.4 Å². The second-order valence-electron chi connectivity index (χ2n) is 4.12. The highest BCUT2D eigenvalue weighted by Gasteiger charge is 2.24. The first-order valence-electron chi connectivity index (χ1n) is 5.82. The molecule has 1 heterocycles. The molecule has 1 aromatic carbocycles. The minimum atomic E-state index is -1.37. The number of anilines is 1. The van der Waals surface area contributed by atoms with Crippen LogP contribution < -0.4 is 4.90 Å². The molecule has 1 aromatic heterocycles. The summed E-state index contributed by atoms with van der Waals surface area (Å²) in [7, 11) is 0. The number of hydrogen-bond acceptors (Lipinski definition) is 4. The number of benzene rings is 1. The predicted molar refractivity (Wildman–Crippen MR) is 71.5 cm³/mol. The van der Waals surface area contributed by atoms with Gasteiger partial charge in [0.25, 0.3) is 5.69 Å². The monoisotopic (exact) mass is 291 g/mol. The lowest BCUT2D eigenvalue weighted by Crippen LogP contribution is -2.29. The molecule has 0 aliphatic rings. The quantitative estimate of drug-likeness (QED) is 0.690. The molecule has 21 heavy (non-hydrogen) atoms. The van der Waals surface area contributed by atoms with E-state index in [0.29, 0.717) is 5.56 Å². The van der Waals surface area contributed by atoms with Gasteiger partial charge in [-0.3, -0.25) is 20.0 Å². The van der Waals surface area contributed by atoms with E-state index < -0.39 is 16.8 Å². The summed E-state index contributed by atoms with van der Waals surface area (Å²) >= 11 is 0. The number of amides is 1. The number of carboxylic acid groups (broad SMARTS) is 1. The third kappa shape index (κ3) is 3.30. The Morgan fingerprint density at radius 1 is 1.33 bits per heavy atom. The maximum Gasteiger partial charge on any atom is 0.412 e. The van der Waals surface area contributed by atoms with Gasteiger partial charge in [-0.1, -0.05) is 12.1 Å². The van der Waals surface area contributed by atoms with Gasteiger partial charge in [0.05, 0.1) is 17.7 Å². The number of rotatable bonds is 4. The van der Waals surface area contributed by atoms with Crippen molar-refractivity contribution in [1.82, 2.24) is 4.98 Å². The summed E-state index contributed by atoms with van der Waals surface area (Å²) in [5, 5.41) is 20.2. The molecular formula is C13H10FN3O4. The fraction of sp³-hybridized carbons (Fsp3) is 0.0769. The van der Waals surface area contributed by atoms with Crippen molar-refractivity contribution in [2.45, 2.75) is 6.54 Å². The van der Waals surface area contributed by atoms with E-state index in [0.717, 1.165) is 17.2 Å². The van der Waals surface area contributed by atoms with E-state index in [-0.39, 0.29) is 17.9 Å². The number of carbonyl (C=O) groups is 1. The van der Waals surface area contributed by atoms with Crippen molar-refractivity contribution in [3.63, 3.8) is 0 Å². The average Bonchev–Trinajstić information content (AvgIpc) is 2.46. The van der Waals surface area contributed by atoms with Crippen LogP contribution in [0.2, 0.25) is 0 Å². The molecule has 1 N–H and O–H groups in total. The molecule has 0 aliphatic carbocycles. The summed E-state index contributed by atoms with van der Waals surface area (Å²) < 4.78 is 12.8. The second-order valence-corrected chi connectivity index (χ2v) is 4.12. The molecule has 1 amide bonds. The van der Waals surface area contributed by atoms with Gasteiger partial charge in [0.1, 0.15) is 11.5 Å². The maximum atomic E-state index is 12.8. The van der Waals surface area contributed by atoms with Crippen LogP contribution in [0.25, 0.3) is 0 Å². The first-order chi connectivity index (χ1) is 9.99. The van der Waals surface area contributed by atoms with Crippen LogP contribution in [0.4, 0.5) is 20.6 Å². The van der Waals surface area contributed by atoms with Crippen LogP contribution in [0, 0.1) is 15.9 Å². The van der Waals surface area contributed by atoms with Gasteiger partial charge in [-0.05, 0) is 17.7 Å². The Kier molecular flexibility index (Phi) is 4.07. The van der Waals surface area contributed by atoms with Gasteiger partial charge in [-0.15, -0.1) is 0 Å². The Morgan fingerprint density at radius 3 is 2.57 bits per heavy atom. The van der Waals surface area contributed by atoms with E-state index in [1.54, 1.807) is 0 Å². The molecule has 0 spiro atoms. The van der Waals surface area contributed by atoms with E-state index in [1.165, 1.54) is 30.5 Å². The zero-order valence-corrected chi connectivity index (χ0v) is 10.6. The van der Waals surface area contributed by atoms with Crippen molar-refractivity contribution in [2.24, 2.45) is 0 Å². The molecule has 0 aliphatic heterocycles. The van der Waals surface area contributed by atoms with E-state index >= 15 is 0 Å². The molecular weight excluding hydrogens is 281 g/mol. The summed E-state index contributed by atoms with van der Waals surface area (Å²) in [6.07, 6.45) is 0.949. The van der Waals surface area contributed by atoms with Crippen molar-refractivity contribution in [3.8, 4) is 0 Å². The van der Waals surface area contributed by atoms with Crippen molar-refractivity contribution < 1.29 is 19.2 Å². The lowest BCUT2D eigenvalue weighted by Gasteiger charge is -2.18. The van der Waals surface area contributed by atoms with Crippen LogP contribution in [0.15, 0.2) is 42.7 Å². The molecule has 0 unspecified atom stereocenters. The zero-order valence-electron chi connectivity index (χ0n) is 10.6. The fourth-order valence-electron chi connectivity index (χ4n) is 1.77. The molecule has 2 aromatic rings. The minimum Gasteiger partial charge on any atom is -0.465 e. The van der Waals surface area contributed by atoms with Crippen molar-refractivity contribution in [1.29, 1.82) is 0 Å². The van der Waals surface area contributed by atoms with Crippen LogP contribution in [0.3, 0.4) is 0 Å².